The highest BCUT2D eigenvalue weighted by atomic mass is 79.9. The summed E-state index contributed by atoms with van der Waals surface area (Å²) in [4.78, 5) is 27.8. The van der Waals surface area contributed by atoms with Crippen LogP contribution in [-0.4, -0.2) is 39.2 Å². The molecule has 2 aromatic heterocycles. The topological polar surface area (TPSA) is 75.9 Å². The summed E-state index contributed by atoms with van der Waals surface area (Å²) in [5.41, 5.74) is 1.03. The molecule has 8 heteroatoms. The van der Waals surface area contributed by atoms with Gasteiger partial charge in [-0.1, -0.05) is 28.1 Å². The molecule has 0 amide bonds. The minimum absolute atomic E-state index is 0.147. The smallest absolute Gasteiger partial charge is 0.260 e. The van der Waals surface area contributed by atoms with Crippen molar-refractivity contribution in [3.05, 3.63) is 75.0 Å². The van der Waals surface area contributed by atoms with E-state index in [1.807, 2.05) is 12.1 Å². The van der Waals surface area contributed by atoms with E-state index in [9.17, 15) is 4.79 Å². The van der Waals surface area contributed by atoms with Gasteiger partial charge in [-0.15, -0.1) is 0 Å². The Morgan fingerprint density at radius 3 is 2.85 bits per heavy atom. The highest BCUT2D eigenvalue weighted by Crippen LogP contribution is 2.24. The van der Waals surface area contributed by atoms with Crippen molar-refractivity contribution in [1.82, 2.24) is 24.8 Å². The van der Waals surface area contributed by atoms with Crippen LogP contribution in [0.5, 0.6) is 0 Å². The van der Waals surface area contributed by atoms with Gasteiger partial charge in [0.1, 0.15) is 11.6 Å². The second-order valence-corrected chi connectivity index (χ2v) is 7.30. The summed E-state index contributed by atoms with van der Waals surface area (Å²) in [5, 5.41) is 3.54. The first-order valence-corrected chi connectivity index (χ1v) is 9.53. The van der Waals surface area contributed by atoms with Gasteiger partial charge in [-0.05, 0) is 30.7 Å². The van der Waals surface area contributed by atoms with Crippen LogP contribution in [0.25, 0.3) is 5.82 Å². The fourth-order valence-corrected chi connectivity index (χ4v) is 3.70. The molecule has 1 saturated heterocycles. The Morgan fingerprint density at radius 2 is 2.04 bits per heavy atom. The van der Waals surface area contributed by atoms with Gasteiger partial charge in [0.25, 0.3) is 5.56 Å². The number of rotatable bonds is 3. The van der Waals surface area contributed by atoms with Crippen molar-refractivity contribution in [2.75, 3.05) is 24.5 Å². The lowest BCUT2D eigenvalue weighted by molar-refractivity contribution is 0.464. The number of halogens is 1. The molecule has 1 fully saturated rings. The standard InChI is InChI=1S/C19H19BrN6O/c1-13-21-7-5-17(24-13)26-18(27)6-8-23-19(26)25-10-9-22-16(12-25)14-3-2-4-15(20)11-14/h2-8,11,16,22H,9-10,12H2,1H3. The average molecular weight is 427 g/mol. The molecule has 0 aliphatic carbocycles. The third-order valence-corrected chi connectivity index (χ3v) is 5.02. The van der Waals surface area contributed by atoms with Crippen molar-refractivity contribution in [2.24, 2.45) is 0 Å². The van der Waals surface area contributed by atoms with Crippen molar-refractivity contribution in [3.63, 3.8) is 0 Å². The molecule has 0 radical (unpaired) electrons. The van der Waals surface area contributed by atoms with Gasteiger partial charge >= 0.3 is 0 Å². The zero-order valence-corrected chi connectivity index (χ0v) is 16.4. The summed E-state index contributed by atoms with van der Waals surface area (Å²) in [6, 6.07) is 11.6. The molecule has 7 nitrogen and oxygen atoms in total. The number of anilines is 1. The molecule has 1 unspecified atom stereocenters. The predicted octanol–water partition coefficient (Wildman–Crippen LogP) is 2.24. The average Bonchev–Trinajstić information content (AvgIpc) is 2.68. The van der Waals surface area contributed by atoms with Gasteiger partial charge in [-0.3, -0.25) is 4.79 Å². The first-order chi connectivity index (χ1) is 13.1. The molecule has 0 saturated carbocycles. The van der Waals surface area contributed by atoms with E-state index in [1.54, 1.807) is 30.0 Å². The zero-order chi connectivity index (χ0) is 18.8. The lowest BCUT2D eigenvalue weighted by atomic mass is 10.0. The first kappa shape index (κ1) is 17.8. The number of piperazine rings is 1. The van der Waals surface area contributed by atoms with E-state index in [1.165, 1.54) is 11.6 Å². The van der Waals surface area contributed by atoms with Crippen molar-refractivity contribution in [2.45, 2.75) is 13.0 Å². The van der Waals surface area contributed by atoms with Gasteiger partial charge in [0.05, 0.1) is 0 Å². The Morgan fingerprint density at radius 1 is 1.19 bits per heavy atom. The van der Waals surface area contributed by atoms with Gasteiger partial charge < -0.3 is 10.2 Å². The van der Waals surface area contributed by atoms with E-state index in [0.29, 0.717) is 24.1 Å². The summed E-state index contributed by atoms with van der Waals surface area (Å²) in [6.45, 7) is 4.06. The second kappa shape index (κ2) is 7.58. The number of aryl methyl sites for hydroxylation is 1. The monoisotopic (exact) mass is 426 g/mol. The van der Waals surface area contributed by atoms with Gasteiger partial charge in [-0.2, -0.15) is 0 Å². The molecule has 0 spiro atoms. The number of aromatic nitrogens is 4. The van der Waals surface area contributed by atoms with Crippen LogP contribution in [0.4, 0.5) is 5.95 Å². The van der Waals surface area contributed by atoms with Crippen LogP contribution < -0.4 is 15.8 Å². The van der Waals surface area contributed by atoms with E-state index >= 15 is 0 Å². The fraction of sp³-hybridized carbons (Fsp3) is 0.263. The largest absolute Gasteiger partial charge is 0.339 e. The van der Waals surface area contributed by atoms with Gasteiger partial charge in [0.2, 0.25) is 5.95 Å². The Labute approximate surface area is 165 Å². The van der Waals surface area contributed by atoms with E-state index in [0.717, 1.165) is 17.6 Å². The molecule has 4 rings (SSSR count). The molecular weight excluding hydrogens is 408 g/mol. The van der Waals surface area contributed by atoms with Crippen LogP contribution in [0, 0.1) is 6.92 Å². The minimum atomic E-state index is -0.157. The third-order valence-electron chi connectivity index (χ3n) is 4.53. The summed E-state index contributed by atoms with van der Waals surface area (Å²) >= 11 is 3.53. The number of nitrogens with one attached hydrogen (secondary N) is 1. The lowest BCUT2D eigenvalue weighted by Gasteiger charge is -2.35. The van der Waals surface area contributed by atoms with Crippen LogP contribution in [0.15, 0.2) is 58.1 Å². The van der Waals surface area contributed by atoms with Crippen molar-refractivity contribution in [1.29, 1.82) is 0 Å². The molecule has 27 heavy (non-hydrogen) atoms. The minimum Gasteiger partial charge on any atom is -0.339 e. The van der Waals surface area contributed by atoms with Crippen molar-refractivity contribution >= 4 is 21.9 Å². The highest BCUT2D eigenvalue weighted by molar-refractivity contribution is 9.10. The molecule has 3 heterocycles. The molecular formula is C19H19BrN6O. The molecule has 1 aromatic carbocycles. The quantitative estimate of drug-likeness (QED) is 0.691. The fourth-order valence-electron chi connectivity index (χ4n) is 3.28. The van der Waals surface area contributed by atoms with E-state index in [4.69, 9.17) is 0 Å². The normalized spacial score (nSPS) is 17.1. The maximum Gasteiger partial charge on any atom is 0.260 e. The Bertz CT molecular complexity index is 1020. The van der Waals surface area contributed by atoms with Gasteiger partial charge in [0.15, 0.2) is 0 Å². The van der Waals surface area contributed by atoms with Crippen LogP contribution in [0.1, 0.15) is 17.4 Å². The third kappa shape index (κ3) is 3.77. The molecule has 1 aliphatic rings. The zero-order valence-electron chi connectivity index (χ0n) is 14.8. The SMILES string of the molecule is Cc1nccc(-n2c(N3CCNC(c4cccc(Br)c4)C3)nccc2=O)n1. The highest BCUT2D eigenvalue weighted by Gasteiger charge is 2.24. The van der Waals surface area contributed by atoms with Crippen molar-refractivity contribution in [3.8, 4) is 5.82 Å². The maximum absolute atomic E-state index is 12.6. The first-order valence-electron chi connectivity index (χ1n) is 8.74. The van der Waals surface area contributed by atoms with Crippen LogP contribution in [0.2, 0.25) is 0 Å². The summed E-state index contributed by atoms with van der Waals surface area (Å²) in [7, 11) is 0. The predicted molar refractivity (Wildman–Crippen MR) is 107 cm³/mol. The van der Waals surface area contributed by atoms with Gasteiger partial charge in [0, 0.05) is 48.6 Å². The number of hydrogen-bond donors (Lipinski definition) is 1. The molecule has 138 valence electrons. The second-order valence-electron chi connectivity index (χ2n) is 6.39. The van der Waals surface area contributed by atoms with Crippen LogP contribution >= 0.6 is 15.9 Å². The Balaban J connectivity index is 1.71. The summed E-state index contributed by atoms with van der Waals surface area (Å²) < 4.78 is 2.60. The molecule has 1 aliphatic heterocycles. The van der Waals surface area contributed by atoms with Crippen LogP contribution in [0.3, 0.4) is 0 Å². The van der Waals surface area contributed by atoms with E-state index < -0.39 is 0 Å². The summed E-state index contributed by atoms with van der Waals surface area (Å²) in [5.74, 6) is 1.75. The maximum atomic E-state index is 12.6. The van der Waals surface area contributed by atoms with Crippen LogP contribution in [-0.2, 0) is 0 Å². The van der Waals surface area contributed by atoms with Crippen molar-refractivity contribution < 1.29 is 0 Å². The molecule has 0 bridgehead atoms. The van der Waals surface area contributed by atoms with E-state index in [2.05, 4.69) is 53.2 Å². The van der Waals surface area contributed by atoms with Gasteiger partial charge in [-0.25, -0.2) is 19.5 Å². The lowest BCUT2D eigenvalue weighted by Crippen LogP contribution is -2.47. The van der Waals surface area contributed by atoms with E-state index in [-0.39, 0.29) is 11.6 Å². The molecule has 1 atom stereocenters. The number of nitrogens with zero attached hydrogens (tertiary/aromatic N) is 5. The number of benzene rings is 1. The molecule has 3 aromatic rings. The Hall–Kier alpha value is -2.58. The summed E-state index contributed by atoms with van der Waals surface area (Å²) in [6.07, 6.45) is 3.21. The Kier molecular flexibility index (Phi) is 5.00. The molecule has 1 N–H and O–H groups in total. The number of hydrogen-bond acceptors (Lipinski definition) is 6.